The lowest BCUT2D eigenvalue weighted by atomic mass is 10.2. The standard InChI is InChI=1S/C11H10N4O2/c12-8-6-14-3-1-9(8)15-11(17)7-5-13-4-2-10(7)16/h1-6H,12H2,(H,13,16)(H,14,15,17). The van der Waals surface area contributed by atoms with Crippen molar-refractivity contribution in [3.05, 3.63) is 52.7 Å². The van der Waals surface area contributed by atoms with Gasteiger partial charge in [-0.05, 0) is 6.07 Å². The van der Waals surface area contributed by atoms with Gasteiger partial charge in [0.2, 0.25) is 0 Å². The van der Waals surface area contributed by atoms with Crippen LogP contribution in [0.5, 0.6) is 0 Å². The second kappa shape index (κ2) is 4.48. The third-order valence-corrected chi connectivity index (χ3v) is 2.17. The molecule has 0 saturated carbocycles. The van der Waals surface area contributed by atoms with Crippen molar-refractivity contribution in [3.8, 4) is 0 Å². The number of aromatic amines is 1. The van der Waals surface area contributed by atoms with E-state index in [1.54, 1.807) is 6.07 Å². The number of nitrogens with zero attached hydrogens (tertiary/aromatic N) is 1. The molecular weight excluding hydrogens is 220 g/mol. The van der Waals surface area contributed by atoms with Crippen molar-refractivity contribution < 1.29 is 4.79 Å². The number of nitrogen functional groups attached to an aromatic ring is 1. The number of carbonyl (C=O) groups is 1. The fraction of sp³-hybridized carbons (Fsp3) is 0. The van der Waals surface area contributed by atoms with Gasteiger partial charge in [-0.1, -0.05) is 0 Å². The van der Waals surface area contributed by atoms with Gasteiger partial charge in [-0.15, -0.1) is 0 Å². The van der Waals surface area contributed by atoms with Gasteiger partial charge in [-0.2, -0.15) is 0 Å². The van der Waals surface area contributed by atoms with Gasteiger partial charge < -0.3 is 16.0 Å². The number of hydrogen-bond acceptors (Lipinski definition) is 4. The zero-order valence-corrected chi connectivity index (χ0v) is 8.81. The molecule has 0 aliphatic heterocycles. The van der Waals surface area contributed by atoms with E-state index in [2.05, 4.69) is 15.3 Å². The summed E-state index contributed by atoms with van der Waals surface area (Å²) in [4.78, 5) is 29.7. The fourth-order valence-electron chi connectivity index (χ4n) is 1.30. The van der Waals surface area contributed by atoms with Crippen molar-refractivity contribution >= 4 is 17.3 Å². The number of hydrogen-bond donors (Lipinski definition) is 3. The summed E-state index contributed by atoms with van der Waals surface area (Å²) in [5, 5.41) is 2.54. The molecule has 0 atom stereocenters. The van der Waals surface area contributed by atoms with Gasteiger partial charge in [0.25, 0.3) is 5.91 Å². The first-order valence-electron chi connectivity index (χ1n) is 4.86. The van der Waals surface area contributed by atoms with E-state index in [0.29, 0.717) is 11.4 Å². The summed E-state index contributed by atoms with van der Waals surface area (Å²) >= 11 is 0. The Bertz CT molecular complexity index is 606. The molecule has 6 nitrogen and oxygen atoms in total. The topological polar surface area (TPSA) is 101 Å². The van der Waals surface area contributed by atoms with E-state index in [1.165, 1.54) is 30.9 Å². The summed E-state index contributed by atoms with van der Waals surface area (Å²) in [6.45, 7) is 0. The summed E-state index contributed by atoms with van der Waals surface area (Å²) in [5.74, 6) is -0.509. The Labute approximate surface area is 96.5 Å². The summed E-state index contributed by atoms with van der Waals surface area (Å²) in [7, 11) is 0. The molecule has 17 heavy (non-hydrogen) atoms. The Morgan fingerprint density at radius 3 is 2.94 bits per heavy atom. The molecule has 0 saturated heterocycles. The molecule has 0 aliphatic rings. The van der Waals surface area contributed by atoms with Crippen molar-refractivity contribution in [1.82, 2.24) is 9.97 Å². The molecule has 0 aromatic carbocycles. The van der Waals surface area contributed by atoms with Gasteiger partial charge in [0.05, 0.1) is 17.6 Å². The molecule has 86 valence electrons. The Morgan fingerprint density at radius 1 is 1.41 bits per heavy atom. The van der Waals surface area contributed by atoms with E-state index in [0.717, 1.165) is 0 Å². The highest BCUT2D eigenvalue weighted by Crippen LogP contribution is 2.15. The molecule has 2 heterocycles. The lowest BCUT2D eigenvalue weighted by Gasteiger charge is -2.06. The number of pyridine rings is 2. The first kappa shape index (κ1) is 10.9. The van der Waals surface area contributed by atoms with E-state index in [4.69, 9.17) is 5.73 Å². The van der Waals surface area contributed by atoms with E-state index in [-0.39, 0.29) is 11.0 Å². The van der Waals surface area contributed by atoms with Gasteiger partial charge >= 0.3 is 0 Å². The van der Waals surface area contributed by atoms with Crippen LogP contribution in [0.3, 0.4) is 0 Å². The molecule has 2 aromatic rings. The lowest BCUT2D eigenvalue weighted by Crippen LogP contribution is -2.21. The van der Waals surface area contributed by atoms with E-state index >= 15 is 0 Å². The highest BCUT2D eigenvalue weighted by molar-refractivity contribution is 6.05. The van der Waals surface area contributed by atoms with Crippen LogP contribution in [0.4, 0.5) is 11.4 Å². The van der Waals surface area contributed by atoms with Crippen LogP contribution in [0.1, 0.15) is 10.4 Å². The summed E-state index contributed by atoms with van der Waals surface area (Å²) < 4.78 is 0. The predicted molar refractivity (Wildman–Crippen MR) is 63.7 cm³/mol. The van der Waals surface area contributed by atoms with Crippen molar-refractivity contribution in [2.75, 3.05) is 11.1 Å². The quantitative estimate of drug-likeness (QED) is 0.703. The average molecular weight is 230 g/mol. The van der Waals surface area contributed by atoms with Crippen LogP contribution in [0.2, 0.25) is 0 Å². The van der Waals surface area contributed by atoms with Gasteiger partial charge in [-0.25, -0.2) is 0 Å². The van der Waals surface area contributed by atoms with Crippen LogP contribution in [-0.2, 0) is 0 Å². The normalized spacial score (nSPS) is 9.88. The van der Waals surface area contributed by atoms with Crippen molar-refractivity contribution in [3.63, 3.8) is 0 Å². The Kier molecular flexibility index (Phi) is 2.87. The first-order valence-corrected chi connectivity index (χ1v) is 4.86. The number of H-pyrrole nitrogens is 1. The molecule has 2 rings (SSSR count). The zero-order chi connectivity index (χ0) is 12.3. The smallest absolute Gasteiger partial charge is 0.261 e. The fourth-order valence-corrected chi connectivity index (χ4v) is 1.30. The second-order valence-corrected chi connectivity index (χ2v) is 3.34. The molecule has 1 amide bonds. The zero-order valence-electron chi connectivity index (χ0n) is 8.81. The van der Waals surface area contributed by atoms with E-state index < -0.39 is 5.91 Å². The molecule has 0 bridgehead atoms. The lowest BCUT2D eigenvalue weighted by molar-refractivity contribution is 0.102. The van der Waals surface area contributed by atoms with Crippen LogP contribution in [0.15, 0.2) is 41.7 Å². The van der Waals surface area contributed by atoms with E-state index in [1.807, 2.05) is 0 Å². The molecule has 0 aliphatic carbocycles. The van der Waals surface area contributed by atoms with Gasteiger partial charge in [0, 0.05) is 24.7 Å². The number of rotatable bonds is 2. The number of anilines is 2. The summed E-state index contributed by atoms with van der Waals surface area (Å²) in [6, 6.07) is 2.84. The second-order valence-electron chi connectivity index (χ2n) is 3.34. The minimum Gasteiger partial charge on any atom is -0.396 e. The SMILES string of the molecule is Nc1cnccc1NC(=O)c1c[nH]ccc1=O. The average Bonchev–Trinajstić information content (AvgIpc) is 2.32. The third-order valence-electron chi connectivity index (χ3n) is 2.17. The van der Waals surface area contributed by atoms with Crippen LogP contribution in [0.25, 0.3) is 0 Å². The molecular formula is C11H10N4O2. The number of carbonyl (C=O) groups excluding carboxylic acids is 1. The minimum absolute atomic E-state index is 0.0312. The van der Waals surface area contributed by atoms with Crippen LogP contribution in [-0.4, -0.2) is 15.9 Å². The highest BCUT2D eigenvalue weighted by Gasteiger charge is 2.10. The third kappa shape index (κ3) is 2.31. The maximum absolute atomic E-state index is 11.8. The maximum Gasteiger partial charge on any atom is 0.261 e. The van der Waals surface area contributed by atoms with E-state index in [9.17, 15) is 9.59 Å². The minimum atomic E-state index is -0.509. The van der Waals surface area contributed by atoms with Crippen LogP contribution in [0, 0.1) is 0 Å². The number of amides is 1. The summed E-state index contributed by atoms with van der Waals surface area (Å²) in [5.41, 5.74) is 6.07. The van der Waals surface area contributed by atoms with Crippen molar-refractivity contribution in [2.24, 2.45) is 0 Å². The predicted octanol–water partition coefficient (Wildman–Crippen LogP) is 0.604. The number of nitrogens with two attached hydrogens (primary N) is 1. The molecule has 0 fully saturated rings. The van der Waals surface area contributed by atoms with Gasteiger partial charge in [0.15, 0.2) is 5.43 Å². The number of nitrogens with one attached hydrogen (secondary N) is 2. The Balaban J connectivity index is 2.27. The largest absolute Gasteiger partial charge is 0.396 e. The molecule has 0 unspecified atom stereocenters. The first-order chi connectivity index (χ1) is 8.18. The maximum atomic E-state index is 11.8. The highest BCUT2D eigenvalue weighted by atomic mass is 16.2. The summed E-state index contributed by atoms with van der Waals surface area (Å²) in [6.07, 6.45) is 5.72. The molecule has 0 radical (unpaired) electrons. The number of aromatic nitrogens is 2. The van der Waals surface area contributed by atoms with Gasteiger partial charge in [0.1, 0.15) is 5.56 Å². The van der Waals surface area contributed by atoms with Crippen molar-refractivity contribution in [2.45, 2.75) is 0 Å². The van der Waals surface area contributed by atoms with Crippen LogP contribution >= 0.6 is 0 Å². The van der Waals surface area contributed by atoms with Crippen molar-refractivity contribution in [1.29, 1.82) is 0 Å². The molecule has 0 spiro atoms. The Hall–Kier alpha value is -2.63. The monoisotopic (exact) mass is 230 g/mol. The van der Waals surface area contributed by atoms with Gasteiger partial charge in [-0.3, -0.25) is 14.6 Å². The Morgan fingerprint density at radius 2 is 2.24 bits per heavy atom. The molecule has 4 N–H and O–H groups in total. The molecule has 2 aromatic heterocycles. The van der Waals surface area contributed by atoms with Crippen LogP contribution < -0.4 is 16.5 Å². The molecule has 6 heteroatoms.